The number of hydrogen-bond acceptors (Lipinski definition) is 2. The van der Waals surface area contributed by atoms with Gasteiger partial charge in [0.1, 0.15) is 5.69 Å². The van der Waals surface area contributed by atoms with E-state index >= 15 is 0 Å². The average Bonchev–Trinajstić information content (AvgIpc) is 3.05. The second-order valence-electron chi connectivity index (χ2n) is 4.39. The Hall–Kier alpha value is -1.43. The van der Waals surface area contributed by atoms with Crippen LogP contribution in [-0.2, 0) is 6.54 Å². The van der Waals surface area contributed by atoms with Gasteiger partial charge >= 0.3 is 0 Å². The van der Waals surface area contributed by atoms with Gasteiger partial charge in [-0.05, 0) is 25.0 Å². The highest BCUT2D eigenvalue weighted by Crippen LogP contribution is 2.28. The van der Waals surface area contributed by atoms with Crippen molar-refractivity contribution in [1.82, 2.24) is 9.47 Å². The highest BCUT2D eigenvalue weighted by Gasteiger charge is 2.33. The van der Waals surface area contributed by atoms with E-state index in [0.29, 0.717) is 0 Å². The maximum Gasteiger partial charge on any atom is 0.270 e. The largest absolute Gasteiger partial charge is 0.395 e. The molecular weight excluding hydrogens is 242 g/mol. The van der Waals surface area contributed by atoms with Crippen molar-refractivity contribution in [3.63, 3.8) is 0 Å². The minimum absolute atomic E-state index is 0.113. The van der Waals surface area contributed by atoms with Gasteiger partial charge in [-0.2, -0.15) is 0 Å². The summed E-state index contributed by atoms with van der Waals surface area (Å²) in [6, 6.07) is 3.27. The van der Waals surface area contributed by atoms with E-state index in [0.717, 1.165) is 12.8 Å². The minimum atomic E-state index is -2.49. The second-order valence-corrected chi connectivity index (χ2v) is 4.39. The second kappa shape index (κ2) is 5.48. The number of aliphatic hydroxyl groups is 1. The Bertz CT molecular complexity index is 416. The molecule has 1 saturated carbocycles. The Morgan fingerprint density at radius 3 is 2.83 bits per heavy atom. The molecule has 1 fully saturated rings. The fourth-order valence-electron chi connectivity index (χ4n) is 2.01. The van der Waals surface area contributed by atoms with Gasteiger partial charge in [-0.25, -0.2) is 8.78 Å². The number of amides is 1. The number of hydrogen-bond donors (Lipinski definition) is 1. The van der Waals surface area contributed by atoms with Crippen LogP contribution in [0.3, 0.4) is 0 Å². The van der Waals surface area contributed by atoms with Crippen molar-refractivity contribution in [3.05, 3.63) is 24.0 Å². The van der Waals surface area contributed by atoms with Crippen LogP contribution in [0.15, 0.2) is 18.3 Å². The molecule has 2 rings (SSSR count). The zero-order valence-electron chi connectivity index (χ0n) is 9.93. The molecule has 18 heavy (non-hydrogen) atoms. The molecule has 1 aromatic heterocycles. The number of alkyl halides is 2. The van der Waals surface area contributed by atoms with E-state index in [1.54, 1.807) is 11.0 Å². The van der Waals surface area contributed by atoms with Crippen LogP contribution in [0.1, 0.15) is 23.3 Å². The zero-order chi connectivity index (χ0) is 13.1. The van der Waals surface area contributed by atoms with Gasteiger partial charge in [0.15, 0.2) is 0 Å². The molecule has 1 aliphatic rings. The number of nitrogens with zero attached hydrogens (tertiary/aromatic N) is 2. The first-order valence-electron chi connectivity index (χ1n) is 5.98. The molecule has 1 aromatic rings. The summed E-state index contributed by atoms with van der Waals surface area (Å²) in [4.78, 5) is 13.8. The van der Waals surface area contributed by atoms with Gasteiger partial charge in [0, 0.05) is 18.8 Å². The number of carbonyl (C=O) groups excluding carboxylic acids is 1. The molecule has 1 aliphatic carbocycles. The first-order chi connectivity index (χ1) is 8.63. The summed E-state index contributed by atoms with van der Waals surface area (Å²) in [7, 11) is 0. The van der Waals surface area contributed by atoms with E-state index in [1.807, 2.05) is 0 Å². The minimum Gasteiger partial charge on any atom is -0.395 e. The molecule has 0 saturated heterocycles. The molecule has 0 atom stereocenters. The molecule has 1 amide bonds. The molecule has 0 bridgehead atoms. The van der Waals surface area contributed by atoms with Gasteiger partial charge in [-0.3, -0.25) is 4.79 Å². The first kappa shape index (κ1) is 13.0. The van der Waals surface area contributed by atoms with Crippen LogP contribution >= 0.6 is 0 Å². The molecule has 100 valence electrons. The summed E-state index contributed by atoms with van der Waals surface area (Å²) in [6.45, 7) is -0.340. The first-order valence-corrected chi connectivity index (χ1v) is 5.98. The molecule has 0 aliphatic heterocycles. The number of carbonyl (C=O) groups is 1. The van der Waals surface area contributed by atoms with Crippen LogP contribution in [0.4, 0.5) is 8.78 Å². The van der Waals surface area contributed by atoms with Crippen molar-refractivity contribution < 1.29 is 18.7 Å². The average molecular weight is 258 g/mol. The lowest BCUT2D eigenvalue weighted by Gasteiger charge is -2.22. The zero-order valence-corrected chi connectivity index (χ0v) is 9.93. The molecule has 1 heterocycles. The highest BCUT2D eigenvalue weighted by molar-refractivity contribution is 5.93. The molecule has 0 aromatic carbocycles. The highest BCUT2D eigenvalue weighted by atomic mass is 19.3. The Balaban J connectivity index is 2.13. The maximum absolute atomic E-state index is 12.4. The lowest BCUT2D eigenvalue weighted by atomic mass is 10.3. The maximum atomic E-state index is 12.4. The predicted octanol–water partition coefficient (Wildman–Crippen LogP) is 1.35. The third-order valence-corrected chi connectivity index (χ3v) is 2.97. The van der Waals surface area contributed by atoms with Crippen molar-refractivity contribution in [3.8, 4) is 0 Å². The van der Waals surface area contributed by atoms with Crippen molar-refractivity contribution in [1.29, 1.82) is 0 Å². The molecule has 4 nitrogen and oxygen atoms in total. The smallest absolute Gasteiger partial charge is 0.270 e. The summed E-state index contributed by atoms with van der Waals surface area (Å²) >= 11 is 0. The van der Waals surface area contributed by atoms with Crippen LogP contribution in [0.25, 0.3) is 0 Å². The fourth-order valence-corrected chi connectivity index (χ4v) is 2.01. The van der Waals surface area contributed by atoms with E-state index in [4.69, 9.17) is 5.11 Å². The van der Waals surface area contributed by atoms with Gasteiger partial charge in [0.2, 0.25) is 0 Å². The Morgan fingerprint density at radius 1 is 1.56 bits per heavy atom. The summed E-state index contributed by atoms with van der Waals surface area (Å²) in [5.74, 6) is -0.280. The van der Waals surface area contributed by atoms with Crippen LogP contribution in [0, 0.1) is 0 Å². The molecule has 0 unspecified atom stereocenters. The molecule has 0 spiro atoms. The van der Waals surface area contributed by atoms with Gasteiger partial charge < -0.3 is 14.6 Å². The van der Waals surface area contributed by atoms with E-state index in [2.05, 4.69) is 0 Å². The Kier molecular flexibility index (Phi) is 3.96. The summed E-state index contributed by atoms with van der Waals surface area (Å²) in [5, 5.41) is 8.95. The van der Waals surface area contributed by atoms with E-state index in [9.17, 15) is 13.6 Å². The predicted molar refractivity (Wildman–Crippen MR) is 61.6 cm³/mol. The quantitative estimate of drug-likeness (QED) is 0.837. The van der Waals surface area contributed by atoms with Gasteiger partial charge in [-0.1, -0.05) is 0 Å². The molecule has 6 heteroatoms. The summed E-state index contributed by atoms with van der Waals surface area (Å²) < 4.78 is 26.0. The summed E-state index contributed by atoms with van der Waals surface area (Å²) in [6.07, 6.45) is 0.822. The van der Waals surface area contributed by atoms with Gasteiger partial charge in [0.25, 0.3) is 12.3 Å². The third kappa shape index (κ3) is 2.87. The van der Waals surface area contributed by atoms with Crippen molar-refractivity contribution in [2.24, 2.45) is 0 Å². The van der Waals surface area contributed by atoms with Gasteiger partial charge in [-0.15, -0.1) is 0 Å². The third-order valence-electron chi connectivity index (χ3n) is 2.97. The van der Waals surface area contributed by atoms with Crippen LogP contribution in [0.5, 0.6) is 0 Å². The monoisotopic (exact) mass is 258 g/mol. The lowest BCUT2D eigenvalue weighted by molar-refractivity contribution is 0.0687. The normalized spacial score (nSPS) is 15.1. The molecule has 0 radical (unpaired) electrons. The van der Waals surface area contributed by atoms with Crippen LogP contribution in [-0.4, -0.2) is 46.1 Å². The topological polar surface area (TPSA) is 45.5 Å². The van der Waals surface area contributed by atoms with E-state index in [1.165, 1.54) is 16.8 Å². The standard InChI is InChI=1S/C12H16F2N2O2/c13-11(14)8-15-5-1-2-10(15)12(18)16(6-7-17)9-3-4-9/h1-2,5,9,11,17H,3-4,6-8H2. The van der Waals surface area contributed by atoms with E-state index < -0.39 is 13.0 Å². The SMILES string of the molecule is O=C(c1cccn1CC(F)F)N(CCO)C1CC1. The number of halogens is 2. The Labute approximate surface area is 104 Å². The lowest BCUT2D eigenvalue weighted by Crippen LogP contribution is -2.36. The van der Waals surface area contributed by atoms with Crippen LogP contribution < -0.4 is 0 Å². The van der Waals surface area contributed by atoms with Crippen molar-refractivity contribution in [2.75, 3.05) is 13.2 Å². The van der Waals surface area contributed by atoms with Crippen molar-refractivity contribution >= 4 is 5.91 Å². The van der Waals surface area contributed by atoms with Gasteiger partial charge in [0.05, 0.1) is 13.2 Å². The number of rotatable bonds is 6. The number of aliphatic hydroxyl groups excluding tert-OH is 1. The Morgan fingerprint density at radius 2 is 2.28 bits per heavy atom. The molecule has 1 N–H and O–H groups in total. The fraction of sp³-hybridized carbons (Fsp3) is 0.583. The van der Waals surface area contributed by atoms with Crippen molar-refractivity contribution in [2.45, 2.75) is 31.9 Å². The summed E-state index contributed by atoms with van der Waals surface area (Å²) in [5.41, 5.74) is 0.260. The molecular formula is C12H16F2N2O2. The van der Waals surface area contributed by atoms with Crippen LogP contribution in [0.2, 0.25) is 0 Å². The number of aromatic nitrogens is 1. The van der Waals surface area contributed by atoms with E-state index in [-0.39, 0.29) is 30.8 Å².